The Hall–Kier alpha value is -1.04. The summed E-state index contributed by atoms with van der Waals surface area (Å²) in [5.41, 5.74) is 0.203. The van der Waals surface area contributed by atoms with E-state index in [1.165, 1.54) is 12.7 Å². The number of hydrogen-bond donors (Lipinski definition) is 1. The molecule has 1 aliphatic heterocycles. The van der Waals surface area contributed by atoms with E-state index in [4.69, 9.17) is 4.52 Å². The van der Waals surface area contributed by atoms with E-state index in [1.54, 1.807) is 11.8 Å². The molecule has 1 aromatic rings. The molecule has 0 aromatic carbocycles. The van der Waals surface area contributed by atoms with E-state index in [-0.39, 0.29) is 5.54 Å². The molecule has 2 heterocycles. The first kappa shape index (κ1) is 12.4. The molecule has 2 rings (SSSR count). The highest BCUT2D eigenvalue weighted by Crippen LogP contribution is 2.24. The normalized spacial score (nSPS) is 27.1. The maximum Gasteiger partial charge on any atom is 0.228 e. The summed E-state index contributed by atoms with van der Waals surface area (Å²) in [6.45, 7) is 5.15. The van der Waals surface area contributed by atoms with E-state index < -0.39 is 0 Å². The summed E-state index contributed by atoms with van der Waals surface area (Å²) >= 11 is 1.79. The molecule has 0 amide bonds. The van der Waals surface area contributed by atoms with E-state index in [0.29, 0.717) is 18.9 Å². The number of hydrogen-bond acceptors (Lipinski definition) is 5. The zero-order chi connectivity index (χ0) is 12.1. The first-order chi connectivity index (χ1) is 8.22. The first-order valence-electron chi connectivity index (χ1n) is 5.93. The van der Waals surface area contributed by atoms with Gasteiger partial charge in [0.1, 0.15) is 0 Å². The van der Waals surface area contributed by atoms with Crippen LogP contribution < -0.4 is 5.32 Å². The van der Waals surface area contributed by atoms with Crippen molar-refractivity contribution in [2.75, 3.05) is 12.3 Å². The van der Waals surface area contributed by atoms with Gasteiger partial charge in [-0.05, 0) is 19.8 Å². The predicted molar refractivity (Wildman–Crippen MR) is 69.2 cm³/mol. The van der Waals surface area contributed by atoms with Crippen molar-refractivity contribution in [3.8, 4) is 0 Å². The van der Waals surface area contributed by atoms with Gasteiger partial charge in [-0.1, -0.05) is 23.8 Å². The molecule has 0 radical (unpaired) electrons. The minimum atomic E-state index is 0.203. The second-order valence-electron chi connectivity index (χ2n) is 4.41. The molecule has 1 saturated heterocycles. The topological polar surface area (TPSA) is 63.3 Å². The molecule has 0 spiro atoms. The molecule has 6 heteroatoms. The Morgan fingerprint density at radius 1 is 1.65 bits per heavy atom. The zero-order valence-corrected chi connectivity index (χ0v) is 11.1. The zero-order valence-electron chi connectivity index (χ0n) is 10.3. The van der Waals surface area contributed by atoms with E-state index in [2.05, 4.69) is 34.3 Å². The molecule has 0 aliphatic carbocycles. The van der Waals surface area contributed by atoms with Crippen LogP contribution in [-0.2, 0) is 6.42 Å². The summed E-state index contributed by atoms with van der Waals surface area (Å²) in [5, 5.41) is 8.12. The Morgan fingerprint density at radius 2 is 2.53 bits per heavy atom. The van der Waals surface area contributed by atoms with Gasteiger partial charge in [-0.25, -0.2) is 0 Å². The predicted octanol–water partition coefficient (Wildman–Crippen LogP) is 1.86. The molecule has 1 N–H and O–H groups in total. The number of thioether (sulfide) groups is 1. The van der Waals surface area contributed by atoms with E-state index in [0.717, 1.165) is 17.3 Å². The summed E-state index contributed by atoms with van der Waals surface area (Å²) in [7, 11) is 0. The van der Waals surface area contributed by atoms with Crippen molar-refractivity contribution in [2.24, 2.45) is 4.99 Å². The van der Waals surface area contributed by atoms with Crippen molar-refractivity contribution in [1.82, 2.24) is 15.5 Å². The van der Waals surface area contributed by atoms with Crippen LogP contribution in [0.1, 0.15) is 32.6 Å². The van der Waals surface area contributed by atoms with E-state index in [9.17, 15) is 0 Å². The molecule has 5 nitrogen and oxygen atoms in total. The Labute approximate surface area is 105 Å². The van der Waals surface area contributed by atoms with Crippen molar-refractivity contribution in [1.29, 1.82) is 0 Å². The Kier molecular flexibility index (Phi) is 4.04. The standard InChI is InChI=1S/C11H18N4OS/c1-3-11(2)5-7-17-10(15-11)12-6-4-9-13-8-14-16-9/h8H,3-7H2,1-2H3,(H,12,15). The smallest absolute Gasteiger partial charge is 0.228 e. The Bertz CT molecular complexity index is 379. The lowest BCUT2D eigenvalue weighted by Gasteiger charge is -2.35. The average Bonchev–Trinajstić information content (AvgIpc) is 2.82. The molecule has 1 unspecified atom stereocenters. The fraction of sp³-hybridized carbons (Fsp3) is 0.727. The fourth-order valence-corrected chi connectivity index (χ4v) is 2.89. The lowest BCUT2D eigenvalue weighted by molar-refractivity contribution is 0.378. The third kappa shape index (κ3) is 3.46. The van der Waals surface area contributed by atoms with Crippen LogP contribution in [0.5, 0.6) is 0 Å². The summed E-state index contributed by atoms with van der Waals surface area (Å²) < 4.78 is 4.93. The van der Waals surface area contributed by atoms with E-state index in [1.807, 2.05) is 0 Å². The van der Waals surface area contributed by atoms with Crippen molar-refractivity contribution in [3.05, 3.63) is 12.2 Å². The molecule has 0 bridgehead atoms. The fourth-order valence-electron chi connectivity index (χ4n) is 1.64. The lowest BCUT2D eigenvalue weighted by Crippen LogP contribution is -2.48. The third-order valence-corrected chi connectivity index (χ3v) is 3.98. The van der Waals surface area contributed by atoms with Gasteiger partial charge in [0, 0.05) is 17.7 Å². The minimum absolute atomic E-state index is 0.203. The lowest BCUT2D eigenvalue weighted by atomic mass is 9.96. The van der Waals surface area contributed by atoms with Gasteiger partial charge in [0.15, 0.2) is 11.5 Å². The number of aliphatic imine (C=N–C) groups is 1. The summed E-state index contributed by atoms with van der Waals surface area (Å²) in [4.78, 5) is 8.51. The highest BCUT2D eigenvalue weighted by molar-refractivity contribution is 8.13. The van der Waals surface area contributed by atoms with Crippen molar-refractivity contribution in [2.45, 2.75) is 38.6 Å². The van der Waals surface area contributed by atoms with Crippen molar-refractivity contribution >= 4 is 16.9 Å². The number of amidine groups is 1. The monoisotopic (exact) mass is 254 g/mol. The maximum absolute atomic E-state index is 4.93. The van der Waals surface area contributed by atoms with Crippen LogP contribution in [0.4, 0.5) is 0 Å². The van der Waals surface area contributed by atoms with Crippen LogP contribution in [0.3, 0.4) is 0 Å². The highest BCUT2D eigenvalue weighted by Gasteiger charge is 2.27. The van der Waals surface area contributed by atoms with Gasteiger partial charge in [0.25, 0.3) is 0 Å². The third-order valence-electron chi connectivity index (χ3n) is 3.07. The molecular weight excluding hydrogens is 236 g/mol. The van der Waals surface area contributed by atoms with Crippen molar-refractivity contribution in [3.63, 3.8) is 0 Å². The van der Waals surface area contributed by atoms with Crippen molar-refractivity contribution < 1.29 is 4.52 Å². The molecule has 1 aromatic heterocycles. The summed E-state index contributed by atoms with van der Waals surface area (Å²) in [5.74, 6) is 1.78. The molecular formula is C11H18N4OS. The molecule has 1 aliphatic rings. The minimum Gasteiger partial charge on any atom is -0.360 e. The van der Waals surface area contributed by atoms with Crippen LogP contribution in [-0.4, -0.2) is 33.1 Å². The van der Waals surface area contributed by atoms with E-state index >= 15 is 0 Å². The number of nitrogens with one attached hydrogen (secondary N) is 1. The van der Waals surface area contributed by atoms with Gasteiger partial charge in [-0.3, -0.25) is 4.99 Å². The largest absolute Gasteiger partial charge is 0.360 e. The first-order valence-corrected chi connectivity index (χ1v) is 6.91. The number of nitrogens with zero attached hydrogens (tertiary/aromatic N) is 3. The molecule has 0 saturated carbocycles. The van der Waals surface area contributed by atoms with Crippen LogP contribution in [0.2, 0.25) is 0 Å². The summed E-state index contributed by atoms with van der Waals surface area (Å²) in [6.07, 6.45) is 4.44. The number of rotatable bonds is 4. The van der Waals surface area contributed by atoms with Gasteiger partial charge in [-0.15, -0.1) is 0 Å². The Balaban J connectivity index is 1.85. The molecule has 1 atom stereocenters. The molecule has 94 valence electrons. The van der Waals surface area contributed by atoms with Gasteiger partial charge in [-0.2, -0.15) is 4.98 Å². The van der Waals surface area contributed by atoms with Crippen LogP contribution >= 0.6 is 11.8 Å². The molecule has 1 fully saturated rings. The highest BCUT2D eigenvalue weighted by atomic mass is 32.2. The average molecular weight is 254 g/mol. The van der Waals surface area contributed by atoms with Gasteiger partial charge in [0.05, 0.1) is 6.54 Å². The second-order valence-corrected chi connectivity index (χ2v) is 5.49. The van der Waals surface area contributed by atoms with Crippen LogP contribution in [0.25, 0.3) is 0 Å². The summed E-state index contributed by atoms with van der Waals surface area (Å²) in [6, 6.07) is 0. The number of aromatic nitrogens is 2. The van der Waals surface area contributed by atoms with Gasteiger partial charge >= 0.3 is 0 Å². The Morgan fingerprint density at radius 3 is 3.24 bits per heavy atom. The van der Waals surface area contributed by atoms with Crippen LogP contribution in [0.15, 0.2) is 15.8 Å². The van der Waals surface area contributed by atoms with Gasteiger partial charge < -0.3 is 9.84 Å². The van der Waals surface area contributed by atoms with Crippen LogP contribution in [0, 0.1) is 0 Å². The molecule has 17 heavy (non-hydrogen) atoms. The quantitative estimate of drug-likeness (QED) is 0.888. The van der Waals surface area contributed by atoms with Gasteiger partial charge in [0.2, 0.25) is 5.89 Å². The SMILES string of the molecule is CCC1(C)CCSC(=NCCc2ncno2)N1. The second kappa shape index (κ2) is 5.53. The maximum atomic E-state index is 4.93.